The van der Waals surface area contributed by atoms with Gasteiger partial charge in [-0.15, -0.1) is 0 Å². The van der Waals surface area contributed by atoms with Crippen molar-refractivity contribution < 1.29 is 4.74 Å². The number of rotatable bonds is 5. The van der Waals surface area contributed by atoms with Crippen molar-refractivity contribution in [2.75, 3.05) is 6.61 Å². The van der Waals surface area contributed by atoms with Crippen LogP contribution in [0.15, 0.2) is 18.2 Å². The minimum absolute atomic E-state index is 0.311. The standard InChI is InChI=1S/C15H23O/c1-6-16-15-9-13(7-11(2)3)8-14(10-15)12(4)5/h8-12H,4,6-7H2,1-3,5H3. The fourth-order valence-electron chi connectivity index (χ4n) is 1.81. The van der Waals surface area contributed by atoms with Gasteiger partial charge in [-0.1, -0.05) is 26.8 Å². The third kappa shape index (κ3) is 3.88. The minimum Gasteiger partial charge on any atom is -0.494 e. The summed E-state index contributed by atoms with van der Waals surface area (Å²) in [6, 6.07) is 6.50. The maximum absolute atomic E-state index is 5.59. The smallest absolute Gasteiger partial charge is 0.119 e. The monoisotopic (exact) mass is 219 g/mol. The van der Waals surface area contributed by atoms with E-state index in [0.717, 1.165) is 18.8 Å². The Labute approximate surface area is 99.8 Å². The minimum atomic E-state index is 0.311. The zero-order valence-corrected chi connectivity index (χ0v) is 10.9. The van der Waals surface area contributed by atoms with Crippen molar-refractivity contribution in [2.24, 2.45) is 5.92 Å². The van der Waals surface area contributed by atoms with Gasteiger partial charge in [0.15, 0.2) is 0 Å². The maximum Gasteiger partial charge on any atom is 0.119 e. The molecule has 0 aliphatic heterocycles. The Hall–Kier alpha value is -0.980. The molecule has 0 fully saturated rings. The fourth-order valence-corrected chi connectivity index (χ4v) is 1.81. The molecule has 0 aromatic heterocycles. The van der Waals surface area contributed by atoms with Crippen molar-refractivity contribution in [2.45, 2.75) is 40.0 Å². The van der Waals surface area contributed by atoms with E-state index in [4.69, 9.17) is 4.74 Å². The van der Waals surface area contributed by atoms with Gasteiger partial charge in [0, 0.05) is 0 Å². The summed E-state index contributed by atoms with van der Waals surface area (Å²) < 4.78 is 5.59. The summed E-state index contributed by atoms with van der Waals surface area (Å²) >= 11 is 0. The van der Waals surface area contributed by atoms with E-state index in [1.54, 1.807) is 0 Å². The van der Waals surface area contributed by atoms with Crippen LogP contribution in [0.3, 0.4) is 0 Å². The molecule has 1 nitrogen and oxygen atoms in total. The number of hydrogen-bond acceptors (Lipinski definition) is 1. The molecule has 89 valence electrons. The SMILES string of the molecule is [CH2]C(C)c1cc(CC(C)C)cc(OCC)c1. The second-order valence-corrected chi connectivity index (χ2v) is 4.84. The molecule has 0 aliphatic rings. The highest BCUT2D eigenvalue weighted by Crippen LogP contribution is 2.24. The fraction of sp³-hybridized carbons (Fsp3) is 0.533. The van der Waals surface area contributed by atoms with Gasteiger partial charge in [-0.05, 0) is 55.4 Å². The van der Waals surface area contributed by atoms with Gasteiger partial charge in [-0.25, -0.2) is 0 Å². The summed E-state index contributed by atoms with van der Waals surface area (Å²) in [6.07, 6.45) is 1.10. The highest BCUT2D eigenvalue weighted by Gasteiger charge is 2.06. The van der Waals surface area contributed by atoms with Gasteiger partial charge in [0.25, 0.3) is 0 Å². The van der Waals surface area contributed by atoms with Gasteiger partial charge >= 0.3 is 0 Å². The first kappa shape index (κ1) is 13.1. The van der Waals surface area contributed by atoms with Crippen molar-refractivity contribution >= 4 is 0 Å². The summed E-state index contributed by atoms with van der Waals surface area (Å²) in [6.45, 7) is 13.4. The summed E-state index contributed by atoms with van der Waals surface area (Å²) in [5, 5.41) is 0. The van der Waals surface area contributed by atoms with E-state index in [2.05, 4.69) is 45.9 Å². The lowest BCUT2D eigenvalue weighted by molar-refractivity contribution is 0.339. The van der Waals surface area contributed by atoms with Crippen molar-refractivity contribution in [1.29, 1.82) is 0 Å². The molecule has 0 aliphatic carbocycles. The molecule has 0 spiro atoms. The van der Waals surface area contributed by atoms with E-state index in [-0.39, 0.29) is 0 Å². The summed E-state index contributed by atoms with van der Waals surface area (Å²) in [7, 11) is 0. The average molecular weight is 219 g/mol. The van der Waals surface area contributed by atoms with E-state index >= 15 is 0 Å². The molecule has 1 radical (unpaired) electrons. The first-order chi connectivity index (χ1) is 7.52. The van der Waals surface area contributed by atoms with Gasteiger partial charge in [0.2, 0.25) is 0 Å². The van der Waals surface area contributed by atoms with Gasteiger partial charge in [0.1, 0.15) is 5.75 Å². The Morgan fingerprint density at radius 3 is 2.38 bits per heavy atom. The molecule has 16 heavy (non-hydrogen) atoms. The Balaban J connectivity index is 2.98. The van der Waals surface area contributed by atoms with E-state index in [9.17, 15) is 0 Å². The predicted octanol–water partition coefficient (Wildman–Crippen LogP) is 4.22. The third-order valence-corrected chi connectivity index (χ3v) is 2.51. The predicted molar refractivity (Wildman–Crippen MR) is 69.9 cm³/mol. The van der Waals surface area contributed by atoms with Gasteiger partial charge in [-0.3, -0.25) is 0 Å². The van der Waals surface area contributed by atoms with Crippen LogP contribution >= 0.6 is 0 Å². The molecule has 1 aromatic carbocycles. The molecule has 1 rings (SSSR count). The zero-order valence-electron chi connectivity index (χ0n) is 10.9. The molecule has 0 amide bonds. The summed E-state index contributed by atoms with van der Waals surface area (Å²) in [5.41, 5.74) is 2.62. The lowest BCUT2D eigenvalue weighted by atomic mass is 9.96. The molecular weight excluding hydrogens is 196 g/mol. The van der Waals surface area contributed by atoms with Crippen LogP contribution < -0.4 is 4.74 Å². The van der Waals surface area contributed by atoms with Gasteiger partial charge in [-0.2, -0.15) is 0 Å². The highest BCUT2D eigenvalue weighted by molar-refractivity contribution is 5.36. The lowest BCUT2D eigenvalue weighted by Crippen LogP contribution is -2.00. The first-order valence-corrected chi connectivity index (χ1v) is 6.12. The van der Waals surface area contributed by atoms with Crippen molar-refractivity contribution in [1.82, 2.24) is 0 Å². The van der Waals surface area contributed by atoms with Crippen molar-refractivity contribution in [3.8, 4) is 5.75 Å². The second-order valence-electron chi connectivity index (χ2n) is 4.84. The molecule has 1 aromatic rings. The Kier molecular flexibility index (Phi) is 4.85. The van der Waals surface area contributed by atoms with E-state index in [1.165, 1.54) is 11.1 Å². The van der Waals surface area contributed by atoms with Crippen LogP contribution in [0.2, 0.25) is 0 Å². The summed E-state index contributed by atoms with van der Waals surface area (Å²) in [4.78, 5) is 0. The molecule has 0 N–H and O–H groups in total. The molecule has 0 bridgehead atoms. The number of ether oxygens (including phenoxy) is 1. The zero-order chi connectivity index (χ0) is 12.1. The molecule has 0 heterocycles. The van der Waals surface area contributed by atoms with Crippen LogP contribution in [-0.2, 0) is 6.42 Å². The Morgan fingerprint density at radius 1 is 1.19 bits per heavy atom. The topological polar surface area (TPSA) is 9.23 Å². The van der Waals surface area contributed by atoms with Gasteiger partial charge in [0.05, 0.1) is 6.61 Å². The van der Waals surface area contributed by atoms with Crippen LogP contribution in [0.1, 0.15) is 44.7 Å². The van der Waals surface area contributed by atoms with Crippen LogP contribution in [0.4, 0.5) is 0 Å². The van der Waals surface area contributed by atoms with Crippen LogP contribution in [-0.4, -0.2) is 6.61 Å². The molecule has 1 atom stereocenters. The van der Waals surface area contributed by atoms with Crippen LogP contribution in [0.25, 0.3) is 0 Å². The Bertz CT molecular complexity index is 326. The molecule has 0 saturated carbocycles. The molecule has 1 unspecified atom stereocenters. The third-order valence-electron chi connectivity index (χ3n) is 2.51. The van der Waals surface area contributed by atoms with Crippen molar-refractivity contribution in [3.05, 3.63) is 36.2 Å². The average Bonchev–Trinajstić information content (AvgIpc) is 2.16. The van der Waals surface area contributed by atoms with E-state index in [0.29, 0.717) is 11.8 Å². The summed E-state index contributed by atoms with van der Waals surface area (Å²) in [5.74, 6) is 1.96. The normalized spacial score (nSPS) is 11.2. The van der Waals surface area contributed by atoms with E-state index < -0.39 is 0 Å². The second kappa shape index (κ2) is 5.93. The first-order valence-electron chi connectivity index (χ1n) is 6.12. The maximum atomic E-state index is 5.59. The quantitative estimate of drug-likeness (QED) is 0.720. The highest BCUT2D eigenvalue weighted by atomic mass is 16.5. The number of benzene rings is 1. The number of hydrogen-bond donors (Lipinski definition) is 0. The largest absolute Gasteiger partial charge is 0.494 e. The molecular formula is C15H23O. The molecule has 0 saturated heterocycles. The van der Waals surface area contributed by atoms with Crippen LogP contribution in [0, 0.1) is 12.8 Å². The Morgan fingerprint density at radius 2 is 1.88 bits per heavy atom. The lowest BCUT2D eigenvalue weighted by Gasteiger charge is -2.13. The van der Waals surface area contributed by atoms with Gasteiger partial charge < -0.3 is 4.74 Å². The van der Waals surface area contributed by atoms with Crippen molar-refractivity contribution in [3.63, 3.8) is 0 Å². The van der Waals surface area contributed by atoms with Crippen LogP contribution in [0.5, 0.6) is 5.75 Å². The van der Waals surface area contributed by atoms with E-state index in [1.807, 2.05) is 6.92 Å². The molecule has 1 heteroatoms.